The smallest absolute Gasteiger partial charge is 0 e. The van der Waals surface area contributed by atoms with Gasteiger partial charge in [0.25, 0.3) is 0 Å². The predicted molar refractivity (Wildman–Crippen MR) is 31.1 cm³/mol. The first-order valence-electron chi connectivity index (χ1n) is 0. The quantitative estimate of drug-likeness (QED) is 0.305. The minimum atomic E-state index is 0. The summed E-state index contributed by atoms with van der Waals surface area (Å²) in [5.74, 6) is 0. The van der Waals surface area contributed by atoms with E-state index in [-0.39, 0.29) is 89.7 Å². The van der Waals surface area contributed by atoms with Crippen LogP contribution in [0.15, 0.2) is 0 Å². The molecule has 0 bridgehead atoms. The zero-order valence-electron chi connectivity index (χ0n) is 4.50. The van der Waals surface area contributed by atoms with Gasteiger partial charge in [-0.3, -0.25) is 0 Å². The van der Waals surface area contributed by atoms with Crippen molar-refractivity contribution in [3.05, 3.63) is 0 Å². The molecular weight excluding hydrogens is 151 g/mol. The fourth-order valence-corrected chi connectivity index (χ4v) is 0. The van der Waals surface area contributed by atoms with Gasteiger partial charge >= 0.3 is 0 Å². The molecule has 0 atom stereocenters. The Morgan fingerprint density at radius 1 is 0.250 bits per heavy atom. The SMILES string of the molecule is O.O.O.O.O.O.O.[K]. The summed E-state index contributed by atoms with van der Waals surface area (Å²) in [6.45, 7) is 0. The third-order valence-electron chi connectivity index (χ3n) is 0. The Bertz CT molecular complexity index is 4.35. The maximum absolute atomic E-state index is 0. The maximum atomic E-state index is 0. The van der Waals surface area contributed by atoms with E-state index in [0.29, 0.717) is 0 Å². The summed E-state index contributed by atoms with van der Waals surface area (Å²) in [4.78, 5) is 0. The van der Waals surface area contributed by atoms with Crippen LogP contribution in [0.25, 0.3) is 0 Å². The normalized spacial score (nSPS) is 0. The van der Waals surface area contributed by atoms with Crippen molar-refractivity contribution < 1.29 is 38.3 Å². The summed E-state index contributed by atoms with van der Waals surface area (Å²) in [7, 11) is 0. The minimum absolute atomic E-state index is 0. The Morgan fingerprint density at radius 2 is 0.250 bits per heavy atom. The van der Waals surface area contributed by atoms with E-state index in [2.05, 4.69) is 0 Å². The van der Waals surface area contributed by atoms with Crippen molar-refractivity contribution in [3.8, 4) is 0 Å². The molecule has 0 amide bonds. The van der Waals surface area contributed by atoms with Gasteiger partial charge in [0.15, 0.2) is 0 Å². The molecular formula is H14KO7. The standard InChI is InChI=1S/K.7H2O/h;7*1H2. The van der Waals surface area contributed by atoms with Crippen molar-refractivity contribution in [3.63, 3.8) is 0 Å². The van der Waals surface area contributed by atoms with Gasteiger partial charge in [0.05, 0.1) is 0 Å². The zero-order chi connectivity index (χ0) is 0. The van der Waals surface area contributed by atoms with Crippen molar-refractivity contribution in [2.45, 2.75) is 0 Å². The van der Waals surface area contributed by atoms with Gasteiger partial charge in [-0.2, -0.15) is 0 Å². The van der Waals surface area contributed by atoms with Crippen LogP contribution in [0.1, 0.15) is 0 Å². The first-order valence-corrected chi connectivity index (χ1v) is 0. The van der Waals surface area contributed by atoms with Crippen LogP contribution in [-0.2, 0) is 0 Å². The van der Waals surface area contributed by atoms with Gasteiger partial charge in [-0.15, -0.1) is 0 Å². The van der Waals surface area contributed by atoms with Gasteiger partial charge in [-0.05, 0) is 0 Å². The summed E-state index contributed by atoms with van der Waals surface area (Å²) >= 11 is 0. The second kappa shape index (κ2) is 246. The second-order valence-corrected chi connectivity index (χ2v) is 0. The van der Waals surface area contributed by atoms with Gasteiger partial charge in [-0.25, -0.2) is 0 Å². The second-order valence-electron chi connectivity index (χ2n) is 0. The monoisotopic (exact) mass is 165 g/mol. The Kier molecular flexibility index (Phi) is 10900. The summed E-state index contributed by atoms with van der Waals surface area (Å²) in [6, 6.07) is 0. The average molecular weight is 165 g/mol. The molecule has 14 N–H and O–H groups in total. The van der Waals surface area contributed by atoms with Crippen LogP contribution in [0, 0.1) is 0 Å². The topological polar surface area (TPSA) is 220 Å². The molecule has 0 rings (SSSR count). The molecule has 7 nitrogen and oxygen atoms in total. The van der Waals surface area contributed by atoms with Crippen LogP contribution < -0.4 is 0 Å². The molecule has 0 saturated carbocycles. The molecule has 0 unspecified atom stereocenters. The molecule has 0 saturated heterocycles. The van der Waals surface area contributed by atoms with E-state index in [1.807, 2.05) is 0 Å². The molecule has 1 radical (unpaired) electrons. The van der Waals surface area contributed by atoms with E-state index in [9.17, 15) is 0 Å². The Labute approximate surface area is 88.7 Å². The molecule has 8 heavy (non-hydrogen) atoms. The fourth-order valence-electron chi connectivity index (χ4n) is 0. The minimum Gasteiger partial charge on any atom is -0.412 e. The zero-order valence-corrected chi connectivity index (χ0v) is 7.62. The molecule has 0 aliphatic carbocycles. The molecule has 0 aromatic carbocycles. The van der Waals surface area contributed by atoms with E-state index in [0.717, 1.165) is 0 Å². The van der Waals surface area contributed by atoms with Crippen molar-refractivity contribution in [2.75, 3.05) is 0 Å². The molecule has 0 aromatic rings. The maximum Gasteiger partial charge on any atom is 0 e. The van der Waals surface area contributed by atoms with Crippen LogP contribution in [0.2, 0.25) is 0 Å². The molecule has 0 heterocycles. The van der Waals surface area contributed by atoms with Gasteiger partial charge in [0.2, 0.25) is 0 Å². The third-order valence-corrected chi connectivity index (χ3v) is 0. The molecule has 57 valence electrons. The van der Waals surface area contributed by atoms with Crippen LogP contribution in [0.3, 0.4) is 0 Å². The van der Waals surface area contributed by atoms with E-state index in [1.54, 1.807) is 0 Å². The van der Waals surface area contributed by atoms with Crippen LogP contribution in [-0.4, -0.2) is 89.7 Å². The van der Waals surface area contributed by atoms with E-state index < -0.39 is 0 Å². The van der Waals surface area contributed by atoms with Crippen LogP contribution in [0.4, 0.5) is 0 Å². The molecule has 0 aromatic heterocycles. The Hall–Kier alpha value is 1.36. The first-order chi connectivity index (χ1) is 0. The van der Waals surface area contributed by atoms with Crippen molar-refractivity contribution in [1.82, 2.24) is 0 Å². The van der Waals surface area contributed by atoms with E-state index in [1.165, 1.54) is 0 Å². The summed E-state index contributed by atoms with van der Waals surface area (Å²) < 4.78 is 0. The van der Waals surface area contributed by atoms with Crippen molar-refractivity contribution >= 4 is 51.4 Å². The fraction of sp³-hybridized carbons (Fsp3) is 0. The molecule has 0 aliphatic heterocycles. The summed E-state index contributed by atoms with van der Waals surface area (Å²) in [6.07, 6.45) is 0. The number of rotatable bonds is 0. The Morgan fingerprint density at radius 3 is 0.250 bits per heavy atom. The molecule has 8 heteroatoms. The molecule has 0 aliphatic rings. The van der Waals surface area contributed by atoms with Crippen LogP contribution in [0.5, 0.6) is 0 Å². The third kappa shape index (κ3) is 162. The summed E-state index contributed by atoms with van der Waals surface area (Å²) in [5.41, 5.74) is 0. The number of hydrogen-bond acceptors (Lipinski definition) is 0. The Balaban J connectivity index is 0. The van der Waals surface area contributed by atoms with Gasteiger partial charge < -0.3 is 38.3 Å². The average Bonchev–Trinajstić information content (AvgIpc) is 0. The first kappa shape index (κ1) is 355. The van der Waals surface area contributed by atoms with E-state index in [4.69, 9.17) is 0 Å². The summed E-state index contributed by atoms with van der Waals surface area (Å²) in [5, 5.41) is 0. The molecule has 0 spiro atoms. The largest absolute Gasteiger partial charge is 0.412 e. The van der Waals surface area contributed by atoms with Gasteiger partial charge in [0, 0.05) is 51.4 Å². The van der Waals surface area contributed by atoms with Crippen molar-refractivity contribution in [2.24, 2.45) is 0 Å². The predicted octanol–water partition coefficient (Wildman–Crippen LogP) is -6.15. The van der Waals surface area contributed by atoms with E-state index >= 15 is 0 Å². The van der Waals surface area contributed by atoms with Gasteiger partial charge in [0.1, 0.15) is 0 Å². The number of hydrogen-bond donors (Lipinski definition) is 0. The van der Waals surface area contributed by atoms with Crippen molar-refractivity contribution in [1.29, 1.82) is 0 Å². The van der Waals surface area contributed by atoms with Gasteiger partial charge in [-0.1, -0.05) is 0 Å². The van der Waals surface area contributed by atoms with Crippen LogP contribution >= 0.6 is 0 Å². The molecule has 0 fully saturated rings.